The summed E-state index contributed by atoms with van der Waals surface area (Å²) in [6.07, 6.45) is 10.7. The smallest absolute Gasteiger partial charge is 0.167 e. The van der Waals surface area contributed by atoms with Crippen LogP contribution in [0.2, 0.25) is 0 Å². The fourth-order valence-corrected chi connectivity index (χ4v) is 7.62. The maximum atomic E-state index is 10.6. The largest absolute Gasteiger partial charge is 0.393 e. The second kappa shape index (κ2) is 5.69. The summed E-state index contributed by atoms with van der Waals surface area (Å²) in [5.41, 5.74) is 0.639. The molecule has 0 heterocycles. The number of rotatable bonds is 2. The van der Waals surface area contributed by atoms with Gasteiger partial charge in [0.05, 0.1) is 6.10 Å². The predicted molar refractivity (Wildman–Crippen MR) is 94.5 cm³/mol. The Kier molecular flexibility index (Phi) is 4.10. The van der Waals surface area contributed by atoms with Crippen LogP contribution < -0.4 is 0 Å². The van der Waals surface area contributed by atoms with Crippen molar-refractivity contribution in [1.29, 1.82) is 0 Å². The predicted octanol–water partition coefficient (Wildman–Crippen LogP) is 4.38. The van der Waals surface area contributed by atoms with Gasteiger partial charge in [-0.3, -0.25) is 0 Å². The van der Waals surface area contributed by atoms with Crippen molar-refractivity contribution in [2.24, 2.45) is 34.5 Å². The summed E-state index contributed by atoms with van der Waals surface area (Å²) < 4.78 is 11.6. The van der Waals surface area contributed by atoms with Gasteiger partial charge in [-0.15, -0.1) is 0 Å². The third-order valence-corrected chi connectivity index (χ3v) is 9.36. The summed E-state index contributed by atoms with van der Waals surface area (Å²) >= 11 is 0. The molecule has 0 bridgehead atoms. The Morgan fingerprint density at radius 1 is 0.792 bits per heavy atom. The standard InChI is InChI=1S/C21H36O3/c1-19-11-12-21(23-3,24-4)13-14(19)5-6-15-16-7-8-18(22)20(16,2)10-9-17(15)19/h14-18,22H,5-13H2,1-4H3/t14-,15+,16-,17+,18-,19-,20-/m0/s1. The maximum Gasteiger partial charge on any atom is 0.167 e. The second-order valence-corrected chi connectivity index (χ2v) is 9.82. The van der Waals surface area contributed by atoms with E-state index >= 15 is 0 Å². The molecule has 24 heavy (non-hydrogen) atoms. The molecule has 4 aliphatic carbocycles. The molecule has 0 unspecified atom stereocenters. The van der Waals surface area contributed by atoms with E-state index in [9.17, 15) is 5.11 Å². The molecule has 0 spiro atoms. The van der Waals surface area contributed by atoms with Gasteiger partial charge in [-0.25, -0.2) is 0 Å². The minimum atomic E-state index is -0.344. The zero-order chi connectivity index (χ0) is 17.2. The van der Waals surface area contributed by atoms with Crippen LogP contribution in [0.5, 0.6) is 0 Å². The molecule has 0 aromatic carbocycles. The molecule has 4 rings (SSSR count). The van der Waals surface area contributed by atoms with E-state index in [0.29, 0.717) is 5.41 Å². The zero-order valence-electron chi connectivity index (χ0n) is 16.0. The molecule has 138 valence electrons. The molecule has 0 aromatic heterocycles. The summed E-state index contributed by atoms with van der Waals surface area (Å²) in [6, 6.07) is 0. The van der Waals surface area contributed by atoms with Gasteiger partial charge in [0.2, 0.25) is 0 Å². The second-order valence-electron chi connectivity index (χ2n) is 9.82. The SMILES string of the molecule is COC1(OC)CC[C@@]2(C)[C@@H](CC[C@H]3[C@H]2CC[C@]2(C)[C@@H](O)CC[C@@H]32)C1. The third kappa shape index (κ3) is 2.20. The lowest BCUT2D eigenvalue weighted by atomic mass is 9.45. The number of methoxy groups -OCH3 is 2. The number of aliphatic hydroxyl groups excluding tert-OH is 1. The van der Waals surface area contributed by atoms with Gasteiger partial charge in [-0.2, -0.15) is 0 Å². The lowest BCUT2D eigenvalue weighted by Gasteiger charge is -2.61. The average molecular weight is 337 g/mol. The molecule has 4 aliphatic rings. The van der Waals surface area contributed by atoms with E-state index in [1.165, 1.54) is 38.5 Å². The van der Waals surface area contributed by atoms with E-state index in [1.54, 1.807) is 0 Å². The summed E-state index contributed by atoms with van der Waals surface area (Å²) in [6.45, 7) is 4.94. The van der Waals surface area contributed by atoms with Crippen molar-refractivity contribution < 1.29 is 14.6 Å². The Bertz CT molecular complexity index is 487. The lowest BCUT2D eigenvalue weighted by molar-refractivity contribution is -0.261. The Labute approximate surface area is 147 Å². The van der Waals surface area contributed by atoms with Crippen LogP contribution in [0.4, 0.5) is 0 Å². The quantitative estimate of drug-likeness (QED) is 0.761. The van der Waals surface area contributed by atoms with E-state index in [0.717, 1.165) is 42.9 Å². The van der Waals surface area contributed by atoms with E-state index < -0.39 is 0 Å². The van der Waals surface area contributed by atoms with Gasteiger partial charge >= 0.3 is 0 Å². The van der Waals surface area contributed by atoms with Gasteiger partial charge in [0.15, 0.2) is 5.79 Å². The van der Waals surface area contributed by atoms with Crippen LogP contribution in [0.25, 0.3) is 0 Å². The molecule has 3 heteroatoms. The van der Waals surface area contributed by atoms with Crippen molar-refractivity contribution in [2.45, 2.75) is 83.5 Å². The Morgan fingerprint density at radius 3 is 2.21 bits per heavy atom. The van der Waals surface area contributed by atoms with Crippen LogP contribution in [0.15, 0.2) is 0 Å². The number of fused-ring (bicyclic) bond motifs is 5. The molecule has 0 saturated heterocycles. The highest BCUT2D eigenvalue weighted by Gasteiger charge is 2.61. The first kappa shape index (κ1) is 17.3. The highest BCUT2D eigenvalue weighted by molar-refractivity contribution is 5.10. The highest BCUT2D eigenvalue weighted by atomic mass is 16.7. The minimum Gasteiger partial charge on any atom is -0.393 e. The van der Waals surface area contributed by atoms with Crippen molar-refractivity contribution in [2.75, 3.05) is 14.2 Å². The minimum absolute atomic E-state index is 0.0602. The Morgan fingerprint density at radius 2 is 1.50 bits per heavy atom. The highest BCUT2D eigenvalue weighted by Crippen LogP contribution is 2.67. The van der Waals surface area contributed by atoms with Crippen molar-refractivity contribution >= 4 is 0 Å². The maximum absolute atomic E-state index is 10.6. The molecule has 0 aliphatic heterocycles. The average Bonchev–Trinajstić information content (AvgIpc) is 2.90. The Hall–Kier alpha value is -0.120. The number of hydrogen-bond acceptors (Lipinski definition) is 3. The number of ether oxygens (including phenoxy) is 2. The molecule has 4 saturated carbocycles. The molecule has 1 N–H and O–H groups in total. The molecule has 4 fully saturated rings. The number of hydrogen-bond donors (Lipinski definition) is 1. The molecule has 3 nitrogen and oxygen atoms in total. The molecule has 7 atom stereocenters. The van der Waals surface area contributed by atoms with Crippen molar-refractivity contribution in [3.8, 4) is 0 Å². The molecule has 0 amide bonds. The van der Waals surface area contributed by atoms with Crippen LogP contribution >= 0.6 is 0 Å². The van der Waals surface area contributed by atoms with Gasteiger partial charge in [-0.1, -0.05) is 13.8 Å². The first-order valence-corrected chi connectivity index (χ1v) is 10.2. The Balaban J connectivity index is 1.59. The lowest BCUT2D eigenvalue weighted by Crippen LogP contribution is -2.56. The normalized spacial score (nSPS) is 53.1. The van der Waals surface area contributed by atoms with Gasteiger partial charge in [-0.05, 0) is 79.4 Å². The fraction of sp³-hybridized carbons (Fsp3) is 1.00. The van der Waals surface area contributed by atoms with Crippen LogP contribution in [0.1, 0.15) is 71.6 Å². The van der Waals surface area contributed by atoms with Crippen molar-refractivity contribution in [3.63, 3.8) is 0 Å². The van der Waals surface area contributed by atoms with Gasteiger partial charge < -0.3 is 14.6 Å². The summed E-state index contributed by atoms with van der Waals surface area (Å²) in [5, 5.41) is 10.6. The van der Waals surface area contributed by atoms with Gasteiger partial charge in [0.25, 0.3) is 0 Å². The van der Waals surface area contributed by atoms with E-state index in [-0.39, 0.29) is 17.3 Å². The van der Waals surface area contributed by atoms with E-state index in [2.05, 4.69) is 13.8 Å². The first-order valence-electron chi connectivity index (χ1n) is 10.2. The fourth-order valence-electron chi connectivity index (χ4n) is 7.62. The molecule has 0 aromatic rings. The van der Waals surface area contributed by atoms with Gasteiger partial charge in [0.1, 0.15) is 0 Å². The molecular formula is C21H36O3. The van der Waals surface area contributed by atoms with Crippen LogP contribution in [-0.2, 0) is 9.47 Å². The summed E-state index contributed by atoms with van der Waals surface area (Å²) in [4.78, 5) is 0. The summed E-state index contributed by atoms with van der Waals surface area (Å²) in [5.74, 6) is 2.80. The molecular weight excluding hydrogens is 300 g/mol. The molecule has 0 radical (unpaired) electrons. The number of aliphatic hydroxyl groups is 1. The topological polar surface area (TPSA) is 38.7 Å². The van der Waals surface area contributed by atoms with E-state index in [1.807, 2.05) is 14.2 Å². The first-order chi connectivity index (χ1) is 11.4. The van der Waals surface area contributed by atoms with Crippen molar-refractivity contribution in [3.05, 3.63) is 0 Å². The zero-order valence-corrected chi connectivity index (χ0v) is 16.0. The monoisotopic (exact) mass is 336 g/mol. The van der Waals surface area contributed by atoms with Crippen molar-refractivity contribution in [1.82, 2.24) is 0 Å². The van der Waals surface area contributed by atoms with E-state index in [4.69, 9.17) is 9.47 Å². The third-order valence-electron chi connectivity index (χ3n) is 9.36. The van der Waals surface area contributed by atoms with Crippen LogP contribution in [-0.4, -0.2) is 31.2 Å². The van der Waals surface area contributed by atoms with Crippen LogP contribution in [0.3, 0.4) is 0 Å². The van der Waals surface area contributed by atoms with Gasteiger partial charge in [0, 0.05) is 27.1 Å². The summed E-state index contributed by atoms with van der Waals surface area (Å²) in [7, 11) is 3.62. The van der Waals surface area contributed by atoms with Crippen LogP contribution in [0, 0.1) is 34.5 Å².